The molecule has 1 N–H and O–H groups in total. The van der Waals surface area contributed by atoms with Crippen LogP contribution in [0.2, 0.25) is 0 Å². The average molecular weight is 178 g/mol. The van der Waals surface area contributed by atoms with E-state index in [-0.39, 0.29) is 11.1 Å². The Hall–Kier alpha value is -1.84. The molecule has 0 saturated heterocycles. The van der Waals surface area contributed by atoms with Gasteiger partial charge in [-0.15, -0.1) is 0 Å². The van der Waals surface area contributed by atoms with Crippen LogP contribution < -0.4 is 5.73 Å². The summed E-state index contributed by atoms with van der Waals surface area (Å²) >= 11 is 0. The number of methoxy groups -OCH3 is 1. The molecule has 1 aromatic rings. The first-order valence-corrected chi connectivity index (χ1v) is 3.59. The van der Waals surface area contributed by atoms with Crippen molar-refractivity contribution in [2.45, 2.75) is 0 Å². The molecule has 1 radical (unpaired) electrons. The SMILES string of the molecule is COC(=O)c1cccc(C([NH])=O)c1. The number of carbonyl (C=O) groups is 2. The lowest BCUT2D eigenvalue weighted by molar-refractivity contribution is 0.0600. The zero-order valence-corrected chi connectivity index (χ0v) is 7.03. The summed E-state index contributed by atoms with van der Waals surface area (Å²) < 4.78 is 4.46. The van der Waals surface area contributed by atoms with Gasteiger partial charge >= 0.3 is 5.97 Å². The van der Waals surface area contributed by atoms with E-state index in [0.717, 1.165) is 0 Å². The number of amides is 1. The molecule has 1 aromatic carbocycles. The highest BCUT2D eigenvalue weighted by Gasteiger charge is 2.07. The third-order valence-corrected chi connectivity index (χ3v) is 1.55. The summed E-state index contributed by atoms with van der Waals surface area (Å²) in [7, 11) is 1.26. The van der Waals surface area contributed by atoms with Gasteiger partial charge in [0.15, 0.2) is 0 Å². The van der Waals surface area contributed by atoms with E-state index in [4.69, 9.17) is 5.73 Å². The van der Waals surface area contributed by atoms with Crippen molar-refractivity contribution in [2.75, 3.05) is 7.11 Å². The minimum Gasteiger partial charge on any atom is -0.465 e. The van der Waals surface area contributed by atoms with Crippen LogP contribution in [0.1, 0.15) is 20.7 Å². The van der Waals surface area contributed by atoms with Gasteiger partial charge in [-0.05, 0) is 18.2 Å². The Labute approximate surface area is 75.3 Å². The highest BCUT2D eigenvalue weighted by Crippen LogP contribution is 2.05. The summed E-state index contributed by atoms with van der Waals surface area (Å²) in [4.78, 5) is 21.6. The first-order valence-electron chi connectivity index (χ1n) is 3.59. The molecule has 0 bridgehead atoms. The van der Waals surface area contributed by atoms with E-state index < -0.39 is 11.9 Å². The maximum absolute atomic E-state index is 11.0. The molecule has 0 aromatic heterocycles. The quantitative estimate of drug-likeness (QED) is 0.632. The topological polar surface area (TPSA) is 67.2 Å². The molecule has 0 aliphatic heterocycles. The van der Waals surface area contributed by atoms with Crippen LogP contribution in [0, 0.1) is 0 Å². The molecule has 1 amide bonds. The number of benzene rings is 1. The predicted octanol–water partition coefficient (Wildman–Crippen LogP) is 0.896. The number of nitrogens with one attached hydrogen (secondary N) is 1. The van der Waals surface area contributed by atoms with Crippen molar-refractivity contribution >= 4 is 11.9 Å². The van der Waals surface area contributed by atoms with Gasteiger partial charge in [-0.2, -0.15) is 0 Å². The molecule has 1 rings (SSSR count). The lowest BCUT2D eigenvalue weighted by Gasteiger charge is -1.99. The summed E-state index contributed by atoms with van der Waals surface area (Å²) in [6.45, 7) is 0. The van der Waals surface area contributed by atoms with E-state index in [1.165, 1.54) is 31.4 Å². The number of carbonyl (C=O) groups excluding carboxylic acids is 2. The van der Waals surface area contributed by atoms with Gasteiger partial charge in [-0.3, -0.25) is 10.5 Å². The molecule has 0 aliphatic carbocycles. The summed E-state index contributed by atoms with van der Waals surface area (Å²) in [5, 5.41) is 0. The van der Waals surface area contributed by atoms with E-state index in [0.29, 0.717) is 0 Å². The Morgan fingerprint density at radius 2 is 1.92 bits per heavy atom. The lowest BCUT2D eigenvalue weighted by Crippen LogP contribution is -2.04. The fourth-order valence-electron chi connectivity index (χ4n) is 0.905. The van der Waals surface area contributed by atoms with Crippen LogP contribution >= 0.6 is 0 Å². The van der Waals surface area contributed by atoms with Gasteiger partial charge in [-0.25, -0.2) is 4.79 Å². The molecule has 13 heavy (non-hydrogen) atoms. The van der Waals surface area contributed by atoms with E-state index in [1.807, 2.05) is 0 Å². The van der Waals surface area contributed by atoms with Crippen molar-refractivity contribution in [2.24, 2.45) is 0 Å². The minimum absolute atomic E-state index is 0.183. The maximum Gasteiger partial charge on any atom is 0.337 e. The van der Waals surface area contributed by atoms with Crippen LogP contribution in [-0.2, 0) is 4.74 Å². The number of rotatable bonds is 2. The van der Waals surface area contributed by atoms with Crippen LogP contribution in [0.15, 0.2) is 24.3 Å². The van der Waals surface area contributed by atoms with Crippen molar-refractivity contribution in [3.05, 3.63) is 35.4 Å². The average Bonchev–Trinajstić information content (AvgIpc) is 2.17. The fraction of sp³-hybridized carbons (Fsp3) is 0.111. The lowest BCUT2D eigenvalue weighted by atomic mass is 10.1. The third-order valence-electron chi connectivity index (χ3n) is 1.55. The molecular weight excluding hydrogens is 170 g/mol. The Morgan fingerprint density at radius 3 is 2.46 bits per heavy atom. The number of hydrogen-bond donors (Lipinski definition) is 0. The Balaban J connectivity index is 3.05. The molecule has 67 valence electrons. The molecule has 0 fully saturated rings. The molecule has 0 atom stereocenters. The summed E-state index contributed by atoms with van der Waals surface area (Å²) in [5.41, 5.74) is 7.28. The standard InChI is InChI=1S/C9H8NO3/c1-13-9(12)7-4-2-3-6(5-7)8(10)11/h2-5,10H,1H3. The van der Waals surface area contributed by atoms with Crippen molar-refractivity contribution < 1.29 is 14.3 Å². The molecule has 4 nitrogen and oxygen atoms in total. The van der Waals surface area contributed by atoms with Gasteiger partial charge in [0.2, 0.25) is 0 Å². The molecule has 0 heterocycles. The van der Waals surface area contributed by atoms with Crippen LogP contribution in [0.5, 0.6) is 0 Å². The first kappa shape index (κ1) is 9.25. The van der Waals surface area contributed by atoms with Crippen molar-refractivity contribution in [3.63, 3.8) is 0 Å². The number of ether oxygens (including phenoxy) is 1. The third kappa shape index (κ3) is 2.05. The van der Waals surface area contributed by atoms with Crippen molar-refractivity contribution in [3.8, 4) is 0 Å². The molecule has 4 heteroatoms. The van der Waals surface area contributed by atoms with Crippen LogP contribution in [-0.4, -0.2) is 19.0 Å². The molecule has 0 spiro atoms. The van der Waals surface area contributed by atoms with E-state index in [1.54, 1.807) is 0 Å². The highest BCUT2D eigenvalue weighted by molar-refractivity contribution is 5.96. The zero-order chi connectivity index (χ0) is 9.84. The Kier molecular flexibility index (Phi) is 2.64. The van der Waals surface area contributed by atoms with E-state index in [9.17, 15) is 9.59 Å². The van der Waals surface area contributed by atoms with Crippen LogP contribution in [0.3, 0.4) is 0 Å². The highest BCUT2D eigenvalue weighted by atomic mass is 16.5. The van der Waals surface area contributed by atoms with Crippen molar-refractivity contribution in [1.29, 1.82) is 0 Å². The van der Waals surface area contributed by atoms with Crippen LogP contribution in [0.25, 0.3) is 0 Å². The maximum atomic E-state index is 11.0. The molecule has 0 aliphatic rings. The molecule has 0 unspecified atom stereocenters. The number of hydrogen-bond acceptors (Lipinski definition) is 3. The summed E-state index contributed by atoms with van der Waals surface area (Å²) in [6, 6.07) is 5.87. The predicted molar refractivity (Wildman–Crippen MR) is 45.2 cm³/mol. The second kappa shape index (κ2) is 3.71. The van der Waals surface area contributed by atoms with Crippen LogP contribution in [0.4, 0.5) is 0 Å². The van der Waals surface area contributed by atoms with Gasteiger partial charge in [0.1, 0.15) is 0 Å². The second-order valence-corrected chi connectivity index (χ2v) is 2.40. The molecular formula is C9H8NO3. The summed E-state index contributed by atoms with van der Waals surface area (Å²) in [5.74, 6) is -1.33. The van der Waals surface area contributed by atoms with E-state index in [2.05, 4.69) is 4.74 Å². The van der Waals surface area contributed by atoms with Gasteiger partial charge in [-0.1, -0.05) is 6.07 Å². The van der Waals surface area contributed by atoms with Gasteiger partial charge in [0.25, 0.3) is 5.91 Å². The van der Waals surface area contributed by atoms with Gasteiger partial charge in [0.05, 0.1) is 12.7 Å². The van der Waals surface area contributed by atoms with Gasteiger partial charge in [0, 0.05) is 5.56 Å². The second-order valence-electron chi connectivity index (χ2n) is 2.40. The minimum atomic E-state index is -0.814. The van der Waals surface area contributed by atoms with E-state index >= 15 is 0 Å². The Bertz CT molecular complexity index is 346. The summed E-state index contributed by atoms with van der Waals surface area (Å²) in [6.07, 6.45) is 0. The Morgan fingerprint density at radius 1 is 1.31 bits per heavy atom. The zero-order valence-electron chi connectivity index (χ0n) is 7.03. The number of esters is 1. The fourth-order valence-corrected chi connectivity index (χ4v) is 0.905. The smallest absolute Gasteiger partial charge is 0.337 e. The van der Waals surface area contributed by atoms with Crippen molar-refractivity contribution in [1.82, 2.24) is 5.73 Å². The molecule has 0 saturated carbocycles. The first-order chi connectivity index (χ1) is 6.15. The monoisotopic (exact) mass is 178 g/mol. The normalized spacial score (nSPS) is 9.31. The van der Waals surface area contributed by atoms with Gasteiger partial charge < -0.3 is 4.74 Å². The largest absolute Gasteiger partial charge is 0.465 e.